The number of hydrogen-bond donors (Lipinski definition) is 0. The van der Waals surface area contributed by atoms with Crippen LogP contribution in [0, 0.1) is 0 Å². The molecule has 3 heteroatoms. The van der Waals surface area contributed by atoms with Crippen LogP contribution in [0.5, 0.6) is 11.5 Å². The lowest BCUT2D eigenvalue weighted by Crippen LogP contribution is -1.97. The Labute approximate surface area is 160 Å². The molecule has 0 heterocycles. The number of alkyl halides is 1. The topological polar surface area (TPSA) is 18.5 Å². The molecule has 0 bridgehead atoms. The monoisotopic (exact) mass is 404 g/mol. The van der Waals surface area contributed by atoms with Crippen LogP contribution in [0.2, 0.25) is 0 Å². The Bertz CT molecular complexity index is 578. The highest BCUT2D eigenvalue weighted by atomic mass is 79.9. The Morgan fingerprint density at radius 1 is 0.640 bits per heavy atom. The molecule has 0 fully saturated rings. The molecule has 0 N–H and O–H groups in total. The largest absolute Gasteiger partial charge is 0.494 e. The first-order chi connectivity index (χ1) is 12.3. The highest BCUT2D eigenvalue weighted by molar-refractivity contribution is 9.09. The number of halogens is 1. The molecule has 0 amide bonds. The van der Waals surface area contributed by atoms with Crippen molar-refractivity contribution in [1.82, 2.24) is 0 Å². The first-order valence-electron chi connectivity index (χ1n) is 9.35. The Morgan fingerprint density at radius 2 is 1.12 bits per heavy atom. The average molecular weight is 405 g/mol. The molecule has 2 aromatic carbocycles. The summed E-state index contributed by atoms with van der Waals surface area (Å²) in [6, 6.07) is 16.7. The number of ether oxygens (including phenoxy) is 2. The van der Waals surface area contributed by atoms with Gasteiger partial charge in [0.2, 0.25) is 0 Å². The van der Waals surface area contributed by atoms with E-state index in [0.29, 0.717) is 0 Å². The van der Waals surface area contributed by atoms with Crippen molar-refractivity contribution in [2.45, 2.75) is 45.4 Å². The van der Waals surface area contributed by atoms with E-state index in [1.54, 1.807) is 0 Å². The van der Waals surface area contributed by atoms with Crippen molar-refractivity contribution in [3.8, 4) is 22.6 Å². The summed E-state index contributed by atoms with van der Waals surface area (Å²) in [5, 5.41) is 1.07. The molecule has 25 heavy (non-hydrogen) atoms. The fourth-order valence-electron chi connectivity index (χ4n) is 2.59. The van der Waals surface area contributed by atoms with Crippen LogP contribution in [0.1, 0.15) is 45.4 Å². The molecule has 0 aliphatic rings. The van der Waals surface area contributed by atoms with Crippen LogP contribution in [-0.2, 0) is 0 Å². The fourth-order valence-corrected chi connectivity index (χ4v) is 2.99. The normalized spacial score (nSPS) is 10.6. The van der Waals surface area contributed by atoms with Crippen molar-refractivity contribution >= 4 is 15.9 Å². The van der Waals surface area contributed by atoms with Gasteiger partial charge < -0.3 is 9.47 Å². The Balaban J connectivity index is 1.80. The molecule has 0 aliphatic heterocycles. The van der Waals surface area contributed by atoms with Crippen molar-refractivity contribution in [1.29, 1.82) is 0 Å². The minimum atomic E-state index is 0.788. The van der Waals surface area contributed by atoms with Crippen molar-refractivity contribution in [2.75, 3.05) is 18.5 Å². The van der Waals surface area contributed by atoms with Gasteiger partial charge in [-0.2, -0.15) is 0 Å². The van der Waals surface area contributed by atoms with E-state index in [1.807, 2.05) is 0 Å². The average Bonchev–Trinajstić information content (AvgIpc) is 2.66. The summed E-state index contributed by atoms with van der Waals surface area (Å²) < 4.78 is 11.6. The zero-order valence-electron chi connectivity index (χ0n) is 15.2. The van der Waals surface area contributed by atoms with Gasteiger partial charge in [0, 0.05) is 5.33 Å². The van der Waals surface area contributed by atoms with E-state index in [4.69, 9.17) is 9.47 Å². The summed E-state index contributed by atoms with van der Waals surface area (Å²) in [6.45, 7) is 3.79. The number of hydrogen-bond acceptors (Lipinski definition) is 2. The van der Waals surface area contributed by atoms with E-state index in [1.165, 1.54) is 36.8 Å². The molecule has 0 aromatic heterocycles. The highest BCUT2D eigenvalue weighted by Gasteiger charge is 2.01. The summed E-state index contributed by atoms with van der Waals surface area (Å²) in [7, 11) is 0. The van der Waals surface area contributed by atoms with Crippen molar-refractivity contribution in [3.63, 3.8) is 0 Å². The standard InChI is InChI=1S/C22H29BrO2/c1-2-3-6-17-24-21-12-8-19(9-13-21)20-10-14-22(15-11-20)25-18-7-4-5-16-23/h8-15H,2-7,16-18H2,1H3. The van der Waals surface area contributed by atoms with E-state index in [0.717, 1.165) is 42.9 Å². The van der Waals surface area contributed by atoms with Gasteiger partial charge in [0.15, 0.2) is 0 Å². The van der Waals surface area contributed by atoms with E-state index < -0.39 is 0 Å². The van der Waals surface area contributed by atoms with Crippen LogP contribution in [0.3, 0.4) is 0 Å². The van der Waals surface area contributed by atoms with Gasteiger partial charge in [-0.1, -0.05) is 60.0 Å². The third-order valence-corrected chi connectivity index (χ3v) is 4.67. The van der Waals surface area contributed by atoms with E-state index in [-0.39, 0.29) is 0 Å². The Kier molecular flexibility index (Phi) is 9.50. The second-order valence-electron chi connectivity index (χ2n) is 6.20. The molecule has 0 spiro atoms. The van der Waals surface area contributed by atoms with Crippen molar-refractivity contribution in [2.24, 2.45) is 0 Å². The molecule has 0 saturated heterocycles. The van der Waals surface area contributed by atoms with Crippen LogP contribution >= 0.6 is 15.9 Å². The summed E-state index contributed by atoms with van der Waals surface area (Å²) in [4.78, 5) is 0. The second-order valence-corrected chi connectivity index (χ2v) is 7.00. The fraction of sp³-hybridized carbons (Fsp3) is 0.455. The lowest BCUT2D eigenvalue weighted by Gasteiger charge is -2.09. The maximum absolute atomic E-state index is 5.79. The van der Waals surface area contributed by atoms with E-state index >= 15 is 0 Å². The predicted molar refractivity (Wildman–Crippen MR) is 110 cm³/mol. The number of rotatable bonds is 12. The van der Waals surface area contributed by atoms with Gasteiger partial charge in [0.1, 0.15) is 11.5 Å². The minimum absolute atomic E-state index is 0.788. The molecule has 2 nitrogen and oxygen atoms in total. The first-order valence-corrected chi connectivity index (χ1v) is 10.5. The van der Waals surface area contributed by atoms with Crippen LogP contribution in [-0.4, -0.2) is 18.5 Å². The van der Waals surface area contributed by atoms with Gasteiger partial charge in [-0.25, -0.2) is 0 Å². The van der Waals surface area contributed by atoms with Gasteiger partial charge >= 0.3 is 0 Å². The van der Waals surface area contributed by atoms with Crippen molar-refractivity contribution < 1.29 is 9.47 Å². The molecule has 2 aromatic rings. The smallest absolute Gasteiger partial charge is 0.119 e. The van der Waals surface area contributed by atoms with Gasteiger partial charge in [-0.3, -0.25) is 0 Å². The van der Waals surface area contributed by atoms with Gasteiger partial charge in [0.25, 0.3) is 0 Å². The lowest BCUT2D eigenvalue weighted by molar-refractivity contribution is 0.306. The molecular weight excluding hydrogens is 376 g/mol. The first kappa shape index (κ1) is 19.8. The summed E-state index contributed by atoms with van der Waals surface area (Å²) in [5.74, 6) is 1.89. The SMILES string of the molecule is CCCCCOc1ccc(-c2ccc(OCCCCCBr)cc2)cc1. The lowest BCUT2D eigenvalue weighted by atomic mass is 10.1. The van der Waals surface area contributed by atoms with Crippen LogP contribution in [0.15, 0.2) is 48.5 Å². The van der Waals surface area contributed by atoms with Gasteiger partial charge in [-0.15, -0.1) is 0 Å². The molecule has 136 valence electrons. The molecule has 2 rings (SSSR count). The molecule has 0 unspecified atom stereocenters. The van der Waals surface area contributed by atoms with Gasteiger partial charge in [0.05, 0.1) is 13.2 Å². The third-order valence-electron chi connectivity index (χ3n) is 4.11. The third kappa shape index (κ3) is 7.52. The van der Waals surface area contributed by atoms with Crippen LogP contribution < -0.4 is 9.47 Å². The number of benzene rings is 2. The summed E-state index contributed by atoms with van der Waals surface area (Å²) >= 11 is 3.45. The number of unbranched alkanes of at least 4 members (excludes halogenated alkanes) is 4. The quantitative estimate of drug-likeness (QED) is 0.283. The molecule has 0 radical (unpaired) electrons. The van der Waals surface area contributed by atoms with E-state index in [2.05, 4.69) is 71.4 Å². The highest BCUT2D eigenvalue weighted by Crippen LogP contribution is 2.25. The second kappa shape index (κ2) is 12.0. The zero-order valence-corrected chi connectivity index (χ0v) is 16.8. The Morgan fingerprint density at radius 3 is 1.56 bits per heavy atom. The summed E-state index contributed by atoms with van der Waals surface area (Å²) in [5.41, 5.74) is 2.40. The van der Waals surface area contributed by atoms with Crippen LogP contribution in [0.25, 0.3) is 11.1 Å². The Hall–Kier alpha value is -1.48. The molecular formula is C22H29BrO2. The van der Waals surface area contributed by atoms with Gasteiger partial charge in [-0.05, 0) is 61.1 Å². The molecule has 0 saturated carbocycles. The van der Waals surface area contributed by atoms with Crippen LogP contribution in [0.4, 0.5) is 0 Å². The minimum Gasteiger partial charge on any atom is -0.494 e. The predicted octanol–water partition coefficient (Wildman–Crippen LogP) is 6.87. The van der Waals surface area contributed by atoms with Crippen molar-refractivity contribution in [3.05, 3.63) is 48.5 Å². The summed E-state index contributed by atoms with van der Waals surface area (Å²) in [6.07, 6.45) is 7.08. The maximum Gasteiger partial charge on any atom is 0.119 e. The molecule has 0 aliphatic carbocycles. The maximum atomic E-state index is 5.79. The zero-order chi connectivity index (χ0) is 17.7. The van der Waals surface area contributed by atoms with E-state index in [9.17, 15) is 0 Å². The molecule has 0 atom stereocenters.